The van der Waals surface area contributed by atoms with E-state index in [1.807, 2.05) is 17.5 Å². The first-order valence-corrected chi connectivity index (χ1v) is 8.09. The molecule has 6 heteroatoms. The van der Waals surface area contributed by atoms with Crippen molar-refractivity contribution in [2.24, 2.45) is 0 Å². The van der Waals surface area contributed by atoms with Gasteiger partial charge in [-0.2, -0.15) is 9.61 Å². The monoisotopic (exact) mass is 326 g/mol. The molecule has 5 nitrogen and oxygen atoms in total. The van der Waals surface area contributed by atoms with E-state index in [-0.39, 0.29) is 5.82 Å². The quantitative estimate of drug-likeness (QED) is 0.726. The Kier molecular flexibility index (Phi) is 3.69. The number of ether oxygens (including phenoxy) is 1. The Hall–Kier alpha value is -2.47. The minimum atomic E-state index is -0.249. The van der Waals surface area contributed by atoms with Gasteiger partial charge < -0.3 is 9.64 Å². The second-order valence-corrected chi connectivity index (χ2v) is 6.05. The number of benzene rings is 1. The summed E-state index contributed by atoms with van der Waals surface area (Å²) in [5.74, 6) is 0.815. The molecule has 1 saturated heterocycles. The van der Waals surface area contributed by atoms with E-state index < -0.39 is 0 Å². The van der Waals surface area contributed by atoms with E-state index in [9.17, 15) is 4.39 Å². The number of rotatable bonds is 2. The number of fused-ring (bicyclic) bond motifs is 1. The van der Waals surface area contributed by atoms with Gasteiger partial charge in [-0.15, -0.1) is 0 Å². The minimum Gasteiger partial charge on any atom is -0.378 e. The van der Waals surface area contributed by atoms with Gasteiger partial charge in [0.05, 0.1) is 18.9 Å². The lowest BCUT2D eigenvalue weighted by atomic mass is 10.1. The second kappa shape index (κ2) is 5.87. The standard InChI is InChI=1S/C18H19FN4O/c1-12-13(2)20-17-11-16(14-3-5-15(19)6-4-14)21-23(17)18(12)22-7-9-24-10-8-22/h3-6,11H,7-10H2,1-2H3. The fourth-order valence-corrected chi connectivity index (χ4v) is 3.09. The van der Waals surface area contributed by atoms with Crippen LogP contribution in [0.3, 0.4) is 0 Å². The van der Waals surface area contributed by atoms with Crippen LogP contribution in [0.5, 0.6) is 0 Å². The van der Waals surface area contributed by atoms with Crippen molar-refractivity contribution < 1.29 is 9.13 Å². The third-order valence-corrected chi connectivity index (χ3v) is 4.50. The summed E-state index contributed by atoms with van der Waals surface area (Å²) in [6, 6.07) is 8.33. The number of halogens is 1. The average molecular weight is 326 g/mol. The number of aromatic nitrogens is 3. The number of hydrogen-bond donors (Lipinski definition) is 0. The summed E-state index contributed by atoms with van der Waals surface area (Å²) in [7, 11) is 0. The van der Waals surface area contributed by atoms with Crippen molar-refractivity contribution in [3.8, 4) is 11.3 Å². The molecule has 1 fully saturated rings. The summed E-state index contributed by atoms with van der Waals surface area (Å²) in [5, 5.41) is 4.74. The van der Waals surface area contributed by atoms with Gasteiger partial charge in [0.2, 0.25) is 0 Å². The molecular formula is C18H19FN4O. The molecular weight excluding hydrogens is 307 g/mol. The molecule has 0 saturated carbocycles. The lowest BCUT2D eigenvalue weighted by molar-refractivity contribution is 0.122. The number of morpholine rings is 1. The Morgan fingerprint density at radius 1 is 1.08 bits per heavy atom. The van der Waals surface area contributed by atoms with Crippen LogP contribution in [-0.2, 0) is 4.74 Å². The maximum Gasteiger partial charge on any atom is 0.158 e. The van der Waals surface area contributed by atoms with Crippen molar-refractivity contribution in [1.29, 1.82) is 0 Å². The van der Waals surface area contributed by atoms with Gasteiger partial charge in [-0.25, -0.2) is 9.37 Å². The lowest BCUT2D eigenvalue weighted by Crippen LogP contribution is -2.38. The molecule has 0 unspecified atom stereocenters. The van der Waals surface area contributed by atoms with E-state index in [4.69, 9.17) is 9.84 Å². The van der Waals surface area contributed by atoms with Gasteiger partial charge in [0.1, 0.15) is 11.6 Å². The van der Waals surface area contributed by atoms with E-state index >= 15 is 0 Å². The summed E-state index contributed by atoms with van der Waals surface area (Å²) < 4.78 is 20.5. The summed E-state index contributed by atoms with van der Waals surface area (Å²) in [6.45, 7) is 7.20. The highest BCUT2D eigenvalue weighted by Gasteiger charge is 2.20. The maximum absolute atomic E-state index is 13.2. The number of aryl methyl sites for hydroxylation is 1. The zero-order valence-electron chi connectivity index (χ0n) is 13.8. The van der Waals surface area contributed by atoms with Crippen molar-refractivity contribution in [2.45, 2.75) is 13.8 Å². The fourth-order valence-electron chi connectivity index (χ4n) is 3.09. The first-order chi connectivity index (χ1) is 11.6. The van der Waals surface area contributed by atoms with Crippen LogP contribution in [0, 0.1) is 19.7 Å². The van der Waals surface area contributed by atoms with E-state index in [0.717, 1.165) is 47.1 Å². The second-order valence-electron chi connectivity index (χ2n) is 6.05. The van der Waals surface area contributed by atoms with Gasteiger partial charge in [-0.05, 0) is 38.1 Å². The number of anilines is 1. The topological polar surface area (TPSA) is 42.7 Å². The van der Waals surface area contributed by atoms with Gasteiger partial charge >= 0.3 is 0 Å². The summed E-state index contributed by atoms with van der Waals surface area (Å²) in [5.41, 5.74) is 4.60. The molecule has 0 atom stereocenters. The molecule has 124 valence electrons. The Balaban J connectivity index is 1.87. The minimum absolute atomic E-state index is 0.249. The molecule has 1 aliphatic rings. The predicted octanol–water partition coefficient (Wildman–Crippen LogP) is 2.99. The molecule has 3 heterocycles. The van der Waals surface area contributed by atoms with E-state index in [1.165, 1.54) is 12.1 Å². The van der Waals surface area contributed by atoms with Crippen molar-refractivity contribution >= 4 is 11.5 Å². The molecule has 0 spiro atoms. The van der Waals surface area contributed by atoms with Crippen LogP contribution in [0.2, 0.25) is 0 Å². The Morgan fingerprint density at radius 2 is 1.79 bits per heavy atom. The molecule has 4 rings (SSSR count). The van der Waals surface area contributed by atoms with Crippen LogP contribution in [0.15, 0.2) is 30.3 Å². The lowest BCUT2D eigenvalue weighted by Gasteiger charge is -2.30. The molecule has 1 aromatic carbocycles. The zero-order valence-corrected chi connectivity index (χ0v) is 13.8. The number of hydrogen-bond acceptors (Lipinski definition) is 4. The highest BCUT2D eigenvalue weighted by Crippen LogP contribution is 2.27. The smallest absolute Gasteiger partial charge is 0.158 e. The molecule has 0 amide bonds. The Bertz CT molecular complexity index is 882. The molecule has 3 aromatic rings. The van der Waals surface area contributed by atoms with Crippen molar-refractivity contribution in [1.82, 2.24) is 14.6 Å². The van der Waals surface area contributed by atoms with Crippen LogP contribution in [0.1, 0.15) is 11.3 Å². The van der Waals surface area contributed by atoms with Gasteiger partial charge in [-0.1, -0.05) is 0 Å². The molecule has 0 aliphatic carbocycles. The Morgan fingerprint density at radius 3 is 2.50 bits per heavy atom. The predicted molar refractivity (Wildman–Crippen MR) is 90.9 cm³/mol. The van der Waals surface area contributed by atoms with Crippen LogP contribution < -0.4 is 4.90 Å². The van der Waals surface area contributed by atoms with Gasteiger partial charge in [-0.3, -0.25) is 0 Å². The third-order valence-electron chi connectivity index (χ3n) is 4.50. The molecule has 0 radical (unpaired) electrons. The maximum atomic E-state index is 13.2. The summed E-state index contributed by atoms with van der Waals surface area (Å²) >= 11 is 0. The van der Waals surface area contributed by atoms with Gasteiger partial charge in [0.25, 0.3) is 0 Å². The molecule has 2 aromatic heterocycles. The molecule has 24 heavy (non-hydrogen) atoms. The zero-order chi connectivity index (χ0) is 16.7. The first kappa shape index (κ1) is 15.1. The SMILES string of the molecule is Cc1nc2cc(-c3ccc(F)cc3)nn2c(N2CCOCC2)c1C. The molecule has 0 bridgehead atoms. The highest BCUT2D eigenvalue weighted by molar-refractivity contribution is 5.67. The fraction of sp³-hybridized carbons (Fsp3) is 0.333. The van der Waals surface area contributed by atoms with Crippen LogP contribution in [0.4, 0.5) is 10.2 Å². The highest BCUT2D eigenvalue weighted by atomic mass is 19.1. The first-order valence-electron chi connectivity index (χ1n) is 8.09. The van der Waals surface area contributed by atoms with E-state index in [0.29, 0.717) is 13.2 Å². The van der Waals surface area contributed by atoms with Gasteiger partial charge in [0.15, 0.2) is 5.65 Å². The van der Waals surface area contributed by atoms with Crippen molar-refractivity contribution in [3.63, 3.8) is 0 Å². The Labute approximate surface area is 139 Å². The third kappa shape index (κ3) is 2.53. The normalized spacial score (nSPS) is 15.2. The molecule has 0 N–H and O–H groups in total. The van der Waals surface area contributed by atoms with Crippen LogP contribution in [0.25, 0.3) is 16.9 Å². The number of nitrogens with zero attached hydrogens (tertiary/aromatic N) is 4. The van der Waals surface area contributed by atoms with Crippen molar-refractivity contribution in [2.75, 3.05) is 31.2 Å². The largest absolute Gasteiger partial charge is 0.378 e. The van der Waals surface area contributed by atoms with Crippen molar-refractivity contribution in [3.05, 3.63) is 47.4 Å². The van der Waals surface area contributed by atoms with Crippen LogP contribution >= 0.6 is 0 Å². The van der Waals surface area contributed by atoms with E-state index in [1.54, 1.807) is 12.1 Å². The van der Waals surface area contributed by atoms with Crippen LogP contribution in [-0.4, -0.2) is 40.9 Å². The summed E-state index contributed by atoms with van der Waals surface area (Å²) in [4.78, 5) is 6.96. The van der Waals surface area contributed by atoms with E-state index in [2.05, 4.69) is 16.8 Å². The average Bonchev–Trinajstić information content (AvgIpc) is 3.00. The van der Waals surface area contributed by atoms with Gasteiger partial charge in [0, 0.05) is 36.0 Å². The summed E-state index contributed by atoms with van der Waals surface area (Å²) in [6.07, 6.45) is 0. The molecule has 1 aliphatic heterocycles.